The maximum atomic E-state index is 13.5. The van der Waals surface area contributed by atoms with Gasteiger partial charge in [-0.15, -0.1) is 0 Å². The third kappa shape index (κ3) is 5.59. The van der Waals surface area contributed by atoms with Crippen LogP contribution >= 0.6 is 23.2 Å². The van der Waals surface area contributed by atoms with Gasteiger partial charge in [-0.05, 0) is 44.3 Å². The standard InChI is InChI=1S/C18H19Cl2FN2O2/c1-12(18(24)22-16-11-13(19)7-8-14(16)20)23(2)9-10-25-17-6-4-3-5-15(17)21/h3-8,11-12H,9-10H2,1-2H3,(H,22,24). The summed E-state index contributed by atoms with van der Waals surface area (Å²) in [7, 11) is 1.79. The number of carbonyl (C=O) groups excluding carboxylic acids is 1. The quantitative estimate of drug-likeness (QED) is 0.765. The van der Waals surface area contributed by atoms with Crippen molar-refractivity contribution in [2.24, 2.45) is 0 Å². The molecule has 0 fully saturated rings. The van der Waals surface area contributed by atoms with Gasteiger partial charge in [-0.3, -0.25) is 9.69 Å². The summed E-state index contributed by atoms with van der Waals surface area (Å²) in [4.78, 5) is 14.1. The summed E-state index contributed by atoms with van der Waals surface area (Å²) in [5.41, 5.74) is 0.460. The molecule has 1 atom stereocenters. The molecule has 0 aliphatic heterocycles. The second-order valence-electron chi connectivity index (χ2n) is 5.55. The molecule has 1 amide bonds. The number of nitrogens with zero attached hydrogens (tertiary/aromatic N) is 1. The van der Waals surface area contributed by atoms with E-state index in [9.17, 15) is 9.18 Å². The molecule has 0 bridgehead atoms. The molecule has 2 aromatic carbocycles. The van der Waals surface area contributed by atoms with Gasteiger partial charge < -0.3 is 10.1 Å². The summed E-state index contributed by atoms with van der Waals surface area (Å²) >= 11 is 12.0. The van der Waals surface area contributed by atoms with Gasteiger partial charge >= 0.3 is 0 Å². The van der Waals surface area contributed by atoms with Crippen LogP contribution in [-0.2, 0) is 4.79 Å². The second kappa shape index (κ2) is 9.04. The minimum absolute atomic E-state index is 0.193. The Morgan fingerprint density at radius 2 is 2.00 bits per heavy atom. The Balaban J connectivity index is 1.86. The van der Waals surface area contributed by atoms with Gasteiger partial charge in [0.1, 0.15) is 6.61 Å². The zero-order chi connectivity index (χ0) is 18.4. The van der Waals surface area contributed by atoms with E-state index in [-0.39, 0.29) is 18.3 Å². The van der Waals surface area contributed by atoms with Crippen molar-refractivity contribution in [2.45, 2.75) is 13.0 Å². The number of nitrogens with one attached hydrogen (secondary N) is 1. The second-order valence-corrected chi connectivity index (χ2v) is 6.39. The highest BCUT2D eigenvalue weighted by atomic mass is 35.5. The van der Waals surface area contributed by atoms with E-state index >= 15 is 0 Å². The van der Waals surface area contributed by atoms with Gasteiger partial charge in [-0.25, -0.2) is 4.39 Å². The number of rotatable bonds is 7. The first-order valence-electron chi connectivity index (χ1n) is 7.72. The maximum absolute atomic E-state index is 13.5. The minimum Gasteiger partial charge on any atom is -0.489 e. The fourth-order valence-electron chi connectivity index (χ4n) is 2.09. The highest BCUT2D eigenvalue weighted by molar-refractivity contribution is 6.35. The number of carbonyl (C=O) groups is 1. The Hall–Kier alpha value is -1.82. The molecule has 0 saturated carbocycles. The lowest BCUT2D eigenvalue weighted by Gasteiger charge is -2.24. The van der Waals surface area contributed by atoms with Crippen molar-refractivity contribution in [3.05, 3.63) is 58.3 Å². The number of anilines is 1. The van der Waals surface area contributed by atoms with Crippen LogP contribution in [0, 0.1) is 5.82 Å². The molecule has 1 N–H and O–H groups in total. The van der Waals surface area contributed by atoms with Crippen molar-refractivity contribution < 1.29 is 13.9 Å². The van der Waals surface area contributed by atoms with Crippen LogP contribution in [0.15, 0.2) is 42.5 Å². The third-order valence-corrected chi connectivity index (χ3v) is 4.33. The number of ether oxygens (including phenoxy) is 1. The SMILES string of the molecule is CC(C(=O)Nc1cc(Cl)ccc1Cl)N(C)CCOc1ccccc1F. The van der Waals surface area contributed by atoms with Crippen LogP contribution in [0.5, 0.6) is 5.75 Å². The predicted molar refractivity (Wildman–Crippen MR) is 99.1 cm³/mol. The molecule has 7 heteroatoms. The largest absolute Gasteiger partial charge is 0.489 e. The molecular formula is C18H19Cl2FN2O2. The van der Waals surface area contributed by atoms with E-state index in [1.165, 1.54) is 6.07 Å². The molecule has 0 radical (unpaired) electrons. The fourth-order valence-corrected chi connectivity index (χ4v) is 2.42. The molecule has 4 nitrogen and oxygen atoms in total. The Morgan fingerprint density at radius 3 is 2.72 bits per heavy atom. The smallest absolute Gasteiger partial charge is 0.241 e. The molecule has 0 spiro atoms. The summed E-state index contributed by atoms with van der Waals surface area (Å²) in [6, 6.07) is 10.6. The first kappa shape index (κ1) is 19.5. The Kier molecular flexibility index (Phi) is 7.05. The van der Waals surface area contributed by atoms with Crippen LogP contribution in [0.1, 0.15) is 6.92 Å². The molecule has 134 valence electrons. The first-order valence-corrected chi connectivity index (χ1v) is 8.47. The third-order valence-electron chi connectivity index (χ3n) is 3.77. The van der Waals surface area contributed by atoms with Gasteiger partial charge in [0.15, 0.2) is 11.6 Å². The van der Waals surface area contributed by atoms with E-state index in [1.54, 1.807) is 55.3 Å². The molecule has 25 heavy (non-hydrogen) atoms. The molecule has 0 aromatic heterocycles. The number of halogens is 3. The summed E-state index contributed by atoms with van der Waals surface area (Å²) < 4.78 is 18.9. The zero-order valence-electron chi connectivity index (χ0n) is 13.9. The van der Waals surface area contributed by atoms with Gasteiger partial charge in [0.25, 0.3) is 0 Å². The van der Waals surface area contributed by atoms with Crippen LogP contribution in [0.3, 0.4) is 0 Å². The van der Waals surface area contributed by atoms with E-state index < -0.39 is 11.9 Å². The Bertz CT molecular complexity index is 743. The molecule has 1 unspecified atom stereocenters. The minimum atomic E-state index is -0.431. The Morgan fingerprint density at radius 1 is 1.28 bits per heavy atom. The summed E-state index contributed by atoms with van der Waals surface area (Å²) in [6.45, 7) is 2.47. The van der Waals surface area contributed by atoms with Crippen LogP contribution in [0.4, 0.5) is 10.1 Å². The number of para-hydroxylation sites is 1. The topological polar surface area (TPSA) is 41.6 Å². The Labute approximate surface area is 156 Å². The van der Waals surface area contributed by atoms with Crippen LogP contribution in [0.25, 0.3) is 0 Å². The molecule has 0 heterocycles. The number of amides is 1. The van der Waals surface area contributed by atoms with E-state index in [4.69, 9.17) is 27.9 Å². The van der Waals surface area contributed by atoms with Gasteiger partial charge in [0.2, 0.25) is 5.91 Å². The van der Waals surface area contributed by atoms with Crippen molar-refractivity contribution >= 4 is 34.8 Å². The van der Waals surface area contributed by atoms with E-state index in [0.717, 1.165) is 0 Å². The summed E-state index contributed by atoms with van der Waals surface area (Å²) in [5.74, 6) is -0.442. The molecule has 0 aliphatic carbocycles. The van der Waals surface area contributed by atoms with E-state index in [2.05, 4.69) is 5.32 Å². The van der Waals surface area contributed by atoms with Crippen LogP contribution in [-0.4, -0.2) is 37.0 Å². The van der Waals surface area contributed by atoms with Crippen molar-refractivity contribution in [1.82, 2.24) is 4.90 Å². The number of benzene rings is 2. The molecule has 0 aliphatic rings. The van der Waals surface area contributed by atoms with Gasteiger partial charge in [0, 0.05) is 11.6 Å². The predicted octanol–water partition coefficient (Wildman–Crippen LogP) is 4.47. The van der Waals surface area contributed by atoms with Crippen molar-refractivity contribution in [2.75, 3.05) is 25.5 Å². The highest BCUT2D eigenvalue weighted by Gasteiger charge is 2.19. The average Bonchev–Trinajstić information content (AvgIpc) is 2.59. The van der Waals surface area contributed by atoms with Crippen molar-refractivity contribution in [3.63, 3.8) is 0 Å². The van der Waals surface area contributed by atoms with Crippen LogP contribution < -0.4 is 10.1 Å². The summed E-state index contributed by atoms with van der Waals surface area (Å²) in [5, 5.41) is 3.65. The summed E-state index contributed by atoms with van der Waals surface area (Å²) in [6.07, 6.45) is 0. The molecular weight excluding hydrogens is 366 g/mol. The lowest BCUT2D eigenvalue weighted by atomic mass is 10.2. The van der Waals surface area contributed by atoms with Gasteiger partial charge in [-0.1, -0.05) is 35.3 Å². The van der Waals surface area contributed by atoms with Crippen molar-refractivity contribution in [1.29, 1.82) is 0 Å². The van der Waals surface area contributed by atoms with Crippen LogP contribution in [0.2, 0.25) is 10.0 Å². The number of hydrogen-bond donors (Lipinski definition) is 1. The lowest BCUT2D eigenvalue weighted by molar-refractivity contribution is -0.120. The monoisotopic (exact) mass is 384 g/mol. The van der Waals surface area contributed by atoms with E-state index in [0.29, 0.717) is 22.3 Å². The molecule has 0 saturated heterocycles. The number of likely N-dealkylation sites (N-methyl/N-ethyl adjacent to an activating group) is 1. The fraction of sp³-hybridized carbons (Fsp3) is 0.278. The number of hydrogen-bond acceptors (Lipinski definition) is 3. The molecule has 2 rings (SSSR count). The highest BCUT2D eigenvalue weighted by Crippen LogP contribution is 2.25. The van der Waals surface area contributed by atoms with E-state index in [1.807, 2.05) is 0 Å². The maximum Gasteiger partial charge on any atom is 0.241 e. The normalized spacial score (nSPS) is 12.1. The zero-order valence-corrected chi connectivity index (χ0v) is 15.4. The lowest BCUT2D eigenvalue weighted by Crippen LogP contribution is -2.41. The molecule has 2 aromatic rings. The average molecular weight is 385 g/mol. The van der Waals surface area contributed by atoms with Crippen molar-refractivity contribution in [3.8, 4) is 5.75 Å². The van der Waals surface area contributed by atoms with Gasteiger partial charge in [0.05, 0.1) is 16.8 Å². The first-order chi connectivity index (χ1) is 11.9. The van der Waals surface area contributed by atoms with Gasteiger partial charge in [-0.2, -0.15) is 0 Å².